The van der Waals surface area contributed by atoms with Crippen LogP contribution in [0.1, 0.15) is 49.4 Å². The molecular weight excluding hydrogens is 236 g/mol. The Kier molecular flexibility index (Phi) is 4.97. The summed E-state index contributed by atoms with van der Waals surface area (Å²) in [6, 6.07) is 7.34. The molecule has 1 atom stereocenters. The van der Waals surface area contributed by atoms with E-state index in [9.17, 15) is 4.79 Å². The van der Waals surface area contributed by atoms with Crippen LogP contribution in [-0.4, -0.2) is 29.8 Å². The highest BCUT2D eigenvalue weighted by Crippen LogP contribution is 2.18. The Bertz CT molecular complexity index is 405. The molecule has 1 saturated heterocycles. The molecule has 1 aromatic rings. The average molecular weight is 260 g/mol. The fraction of sp³-hybridized carbons (Fsp3) is 0.562. The summed E-state index contributed by atoms with van der Waals surface area (Å²) in [7, 11) is 0. The van der Waals surface area contributed by atoms with E-state index in [1.54, 1.807) is 0 Å². The number of ketones is 1. The van der Waals surface area contributed by atoms with Crippen LogP contribution in [0.15, 0.2) is 24.3 Å². The number of benzene rings is 1. The average Bonchev–Trinajstić information content (AvgIpc) is 2.69. The summed E-state index contributed by atoms with van der Waals surface area (Å²) in [5.74, 6) is 0.240. The van der Waals surface area contributed by atoms with Gasteiger partial charge in [0.25, 0.3) is 0 Å². The zero-order valence-corrected chi connectivity index (χ0v) is 11.8. The summed E-state index contributed by atoms with van der Waals surface area (Å²) in [4.78, 5) is 15.0. The van der Waals surface area contributed by atoms with E-state index in [-0.39, 0.29) is 11.8 Å². The molecule has 1 unspecified atom stereocenters. The van der Waals surface area contributed by atoms with Crippen molar-refractivity contribution in [2.24, 2.45) is 0 Å². The number of carbonyl (C=O) groups excluding carboxylic acids is 1. The topological polar surface area (TPSA) is 46.3 Å². The molecule has 0 aliphatic carbocycles. The summed E-state index contributed by atoms with van der Waals surface area (Å²) >= 11 is 0. The smallest absolute Gasteiger partial charge is 0.179 e. The zero-order chi connectivity index (χ0) is 13.7. The van der Waals surface area contributed by atoms with Crippen molar-refractivity contribution in [1.29, 1.82) is 0 Å². The van der Waals surface area contributed by atoms with Crippen LogP contribution in [0, 0.1) is 0 Å². The van der Waals surface area contributed by atoms with Crippen molar-refractivity contribution in [2.45, 2.75) is 45.1 Å². The number of hydrogen-bond donors (Lipinski definition) is 1. The Morgan fingerprint density at radius 3 is 2.26 bits per heavy atom. The molecule has 2 rings (SSSR count). The third-order valence-corrected chi connectivity index (χ3v) is 3.97. The summed E-state index contributed by atoms with van der Waals surface area (Å²) in [6.45, 7) is 4.21. The van der Waals surface area contributed by atoms with Gasteiger partial charge in [-0.3, -0.25) is 9.69 Å². The van der Waals surface area contributed by atoms with Crippen molar-refractivity contribution in [1.82, 2.24) is 4.90 Å². The molecule has 0 radical (unpaired) electrons. The van der Waals surface area contributed by atoms with Gasteiger partial charge in [-0.15, -0.1) is 0 Å². The second-order valence-electron chi connectivity index (χ2n) is 5.36. The van der Waals surface area contributed by atoms with Gasteiger partial charge in [0.2, 0.25) is 0 Å². The molecule has 1 fully saturated rings. The van der Waals surface area contributed by atoms with Crippen LogP contribution < -0.4 is 5.73 Å². The van der Waals surface area contributed by atoms with E-state index < -0.39 is 0 Å². The monoisotopic (exact) mass is 260 g/mol. The Morgan fingerprint density at radius 1 is 1.16 bits per heavy atom. The molecule has 0 amide bonds. The fourth-order valence-electron chi connectivity index (χ4n) is 2.86. The number of carbonyl (C=O) groups is 1. The number of nitrogen functional groups attached to an aromatic ring is 1. The summed E-state index contributed by atoms with van der Waals surface area (Å²) in [5.41, 5.74) is 7.17. The van der Waals surface area contributed by atoms with Gasteiger partial charge in [0.1, 0.15) is 0 Å². The lowest BCUT2D eigenvalue weighted by molar-refractivity contribution is 0.0816. The third kappa shape index (κ3) is 3.57. The van der Waals surface area contributed by atoms with Crippen molar-refractivity contribution in [3.8, 4) is 0 Å². The van der Waals surface area contributed by atoms with Gasteiger partial charge < -0.3 is 5.73 Å². The predicted molar refractivity (Wildman–Crippen MR) is 79.3 cm³/mol. The number of rotatable bonds is 4. The van der Waals surface area contributed by atoms with Crippen molar-refractivity contribution in [3.63, 3.8) is 0 Å². The number of nitrogens with two attached hydrogens (primary N) is 1. The van der Waals surface area contributed by atoms with Gasteiger partial charge in [0, 0.05) is 11.3 Å². The normalized spacial score (nSPS) is 18.8. The van der Waals surface area contributed by atoms with Crippen LogP contribution >= 0.6 is 0 Å². The molecule has 2 N–H and O–H groups in total. The van der Waals surface area contributed by atoms with Gasteiger partial charge in [-0.2, -0.15) is 0 Å². The highest BCUT2D eigenvalue weighted by molar-refractivity contribution is 6.00. The minimum absolute atomic E-state index is 0.0294. The molecule has 1 heterocycles. The molecule has 1 aliphatic heterocycles. The SMILES string of the molecule is CCC(C(=O)c1ccc(N)cc1)N1CCCCCC1. The quantitative estimate of drug-likeness (QED) is 0.668. The molecule has 0 saturated carbocycles. The second-order valence-corrected chi connectivity index (χ2v) is 5.36. The summed E-state index contributed by atoms with van der Waals surface area (Å²) in [5, 5.41) is 0. The van der Waals surface area contributed by atoms with Gasteiger partial charge in [-0.1, -0.05) is 19.8 Å². The highest BCUT2D eigenvalue weighted by atomic mass is 16.1. The lowest BCUT2D eigenvalue weighted by Crippen LogP contribution is -2.41. The largest absolute Gasteiger partial charge is 0.399 e. The van der Waals surface area contributed by atoms with Crippen LogP contribution in [0.5, 0.6) is 0 Å². The van der Waals surface area contributed by atoms with E-state index in [0.717, 1.165) is 25.1 Å². The molecule has 104 valence electrons. The number of Topliss-reactive ketones (excluding diaryl/α,β-unsaturated/α-hetero) is 1. The lowest BCUT2D eigenvalue weighted by atomic mass is 10.00. The Hall–Kier alpha value is -1.35. The molecular formula is C16H24N2O. The van der Waals surface area contributed by atoms with Crippen LogP contribution in [0.4, 0.5) is 5.69 Å². The van der Waals surface area contributed by atoms with E-state index in [1.807, 2.05) is 24.3 Å². The van der Waals surface area contributed by atoms with Crippen LogP contribution in [0.3, 0.4) is 0 Å². The van der Waals surface area contributed by atoms with E-state index in [0.29, 0.717) is 5.69 Å². The van der Waals surface area contributed by atoms with Crippen molar-refractivity contribution in [3.05, 3.63) is 29.8 Å². The number of likely N-dealkylation sites (tertiary alicyclic amines) is 1. The Balaban J connectivity index is 2.11. The molecule has 3 heteroatoms. The lowest BCUT2D eigenvalue weighted by Gasteiger charge is -2.28. The highest BCUT2D eigenvalue weighted by Gasteiger charge is 2.25. The third-order valence-electron chi connectivity index (χ3n) is 3.97. The van der Waals surface area contributed by atoms with Gasteiger partial charge in [0.15, 0.2) is 5.78 Å². The number of nitrogens with zero attached hydrogens (tertiary/aromatic N) is 1. The first-order valence-corrected chi connectivity index (χ1v) is 7.36. The van der Waals surface area contributed by atoms with E-state index in [1.165, 1.54) is 25.7 Å². The molecule has 19 heavy (non-hydrogen) atoms. The van der Waals surface area contributed by atoms with Crippen LogP contribution in [0.2, 0.25) is 0 Å². The maximum atomic E-state index is 12.6. The molecule has 3 nitrogen and oxygen atoms in total. The van der Waals surface area contributed by atoms with E-state index >= 15 is 0 Å². The van der Waals surface area contributed by atoms with Crippen molar-refractivity contribution >= 4 is 11.5 Å². The predicted octanol–water partition coefficient (Wildman–Crippen LogP) is 3.11. The van der Waals surface area contributed by atoms with Gasteiger partial charge >= 0.3 is 0 Å². The Labute approximate surface area is 115 Å². The van der Waals surface area contributed by atoms with Crippen molar-refractivity contribution < 1.29 is 4.79 Å². The fourth-order valence-corrected chi connectivity index (χ4v) is 2.86. The number of anilines is 1. The number of hydrogen-bond acceptors (Lipinski definition) is 3. The van der Waals surface area contributed by atoms with Gasteiger partial charge in [0.05, 0.1) is 6.04 Å². The summed E-state index contributed by atoms with van der Waals surface area (Å²) in [6.07, 6.45) is 5.90. The van der Waals surface area contributed by atoms with Crippen molar-refractivity contribution in [2.75, 3.05) is 18.8 Å². The second kappa shape index (κ2) is 6.71. The molecule has 0 bridgehead atoms. The standard InChI is InChI=1S/C16H24N2O/c1-2-15(18-11-5-3-4-6-12-18)16(19)13-7-9-14(17)10-8-13/h7-10,15H,2-6,11-12,17H2,1H3. The van der Waals surface area contributed by atoms with E-state index in [2.05, 4.69) is 11.8 Å². The molecule has 0 spiro atoms. The van der Waals surface area contributed by atoms with Gasteiger partial charge in [-0.25, -0.2) is 0 Å². The maximum absolute atomic E-state index is 12.6. The Morgan fingerprint density at radius 2 is 1.74 bits per heavy atom. The molecule has 0 aromatic heterocycles. The van der Waals surface area contributed by atoms with E-state index in [4.69, 9.17) is 5.73 Å². The first-order valence-electron chi connectivity index (χ1n) is 7.36. The zero-order valence-electron chi connectivity index (χ0n) is 11.8. The van der Waals surface area contributed by atoms with Crippen LogP contribution in [0.25, 0.3) is 0 Å². The molecule has 1 aliphatic rings. The minimum atomic E-state index is 0.0294. The van der Waals surface area contributed by atoms with Gasteiger partial charge in [-0.05, 0) is 56.6 Å². The maximum Gasteiger partial charge on any atom is 0.179 e. The first-order chi connectivity index (χ1) is 9.22. The minimum Gasteiger partial charge on any atom is -0.399 e. The molecule has 1 aromatic carbocycles. The summed E-state index contributed by atoms with van der Waals surface area (Å²) < 4.78 is 0. The van der Waals surface area contributed by atoms with Crippen LogP contribution in [-0.2, 0) is 0 Å². The first kappa shape index (κ1) is 14.1.